The van der Waals surface area contributed by atoms with Crippen molar-refractivity contribution in [1.82, 2.24) is 0 Å². The van der Waals surface area contributed by atoms with Gasteiger partial charge in [0.25, 0.3) is 5.69 Å². The molecule has 0 aromatic heterocycles. The molecule has 3 N–H and O–H groups in total. The van der Waals surface area contributed by atoms with Crippen molar-refractivity contribution in [1.29, 1.82) is 0 Å². The van der Waals surface area contributed by atoms with E-state index >= 15 is 0 Å². The molecule has 0 saturated heterocycles. The highest BCUT2D eigenvalue weighted by atomic mass is 35.5. The monoisotopic (exact) mass is 615 g/mol. The number of sulfonamides is 1. The molecular formula is C29H27ClFN3O7S. The molecule has 0 saturated carbocycles. The topological polar surface area (TPSA) is 148 Å². The van der Waals surface area contributed by atoms with Gasteiger partial charge in [0, 0.05) is 11.8 Å². The largest absolute Gasteiger partial charge is 0.481 e. The van der Waals surface area contributed by atoms with E-state index in [0.717, 1.165) is 18.2 Å². The third-order valence-corrected chi connectivity index (χ3v) is 6.49. The average Bonchev–Trinajstić information content (AvgIpc) is 2.92. The summed E-state index contributed by atoms with van der Waals surface area (Å²) in [4.78, 5) is 21.2. The second kappa shape index (κ2) is 14.3. The zero-order valence-electron chi connectivity index (χ0n) is 22.5. The molecule has 0 aliphatic carbocycles. The number of carbonyl (C=O) groups is 1. The van der Waals surface area contributed by atoms with Gasteiger partial charge in [-0.05, 0) is 53.9 Å². The van der Waals surface area contributed by atoms with Crippen LogP contribution >= 0.6 is 11.6 Å². The molecule has 0 unspecified atom stereocenters. The van der Waals surface area contributed by atoms with Crippen LogP contribution in [0.4, 0.5) is 27.1 Å². The van der Waals surface area contributed by atoms with E-state index in [1.807, 2.05) is 19.1 Å². The van der Waals surface area contributed by atoms with Gasteiger partial charge in [-0.15, -0.1) is 0 Å². The van der Waals surface area contributed by atoms with Gasteiger partial charge in [0.15, 0.2) is 5.75 Å². The van der Waals surface area contributed by atoms with Crippen LogP contribution in [0.2, 0.25) is 5.02 Å². The molecule has 0 heterocycles. The van der Waals surface area contributed by atoms with Gasteiger partial charge in [-0.25, -0.2) is 12.8 Å². The molecule has 220 valence electrons. The molecule has 0 amide bonds. The number of ether oxygens (including phenoxy) is 1. The Hall–Kier alpha value is -4.68. The number of carboxylic acids is 1. The normalized spacial score (nSPS) is 10.7. The third-order valence-electron chi connectivity index (χ3n) is 5.58. The number of aryl methyl sites for hydroxylation is 1. The average molecular weight is 616 g/mol. The first-order valence-electron chi connectivity index (χ1n) is 12.4. The van der Waals surface area contributed by atoms with Crippen molar-refractivity contribution in [3.63, 3.8) is 0 Å². The number of nitro benzene ring substituents is 1. The number of para-hydroxylation sites is 2. The van der Waals surface area contributed by atoms with Crippen LogP contribution in [0.15, 0.2) is 84.9 Å². The molecule has 0 fully saturated rings. The molecular weight excluding hydrogens is 589 g/mol. The van der Waals surface area contributed by atoms with E-state index in [1.54, 1.807) is 42.5 Å². The first-order valence-corrected chi connectivity index (χ1v) is 14.7. The van der Waals surface area contributed by atoms with Gasteiger partial charge in [-0.1, -0.05) is 54.9 Å². The van der Waals surface area contributed by atoms with Gasteiger partial charge in [0.05, 0.1) is 40.1 Å². The van der Waals surface area contributed by atoms with Gasteiger partial charge >= 0.3 is 5.97 Å². The molecule has 0 spiro atoms. The molecule has 42 heavy (non-hydrogen) atoms. The highest BCUT2D eigenvalue weighted by Crippen LogP contribution is 2.34. The Balaban J connectivity index is 0.000000230. The fourth-order valence-corrected chi connectivity index (χ4v) is 4.44. The molecule has 4 rings (SSSR count). The molecule has 0 aliphatic heterocycles. The maximum absolute atomic E-state index is 13.8. The smallest absolute Gasteiger partial charge is 0.307 e. The van der Waals surface area contributed by atoms with Crippen LogP contribution in [0.3, 0.4) is 0 Å². The Bertz CT molecular complexity index is 1670. The number of non-ortho nitro benzene ring substituents is 1. The second-order valence-corrected chi connectivity index (χ2v) is 11.0. The maximum Gasteiger partial charge on any atom is 0.307 e. The first kappa shape index (κ1) is 31.8. The summed E-state index contributed by atoms with van der Waals surface area (Å²) >= 11 is 5.98. The number of rotatable bonds is 10. The summed E-state index contributed by atoms with van der Waals surface area (Å²) in [6.45, 7) is 1.99. The van der Waals surface area contributed by atoms with Gasteiger partial charge in [0.1, 0.15) is 11.6 Å². The highest BCUT2D eigenvalue weighted by Gasteiger charge is 2.15. The number of hydrogen-bond acceptors (Lipinski definition) is 7. The van der Waals surface area contributed by atoms with E-state index in [-0.39, 0.29) is 34.3 Å². The van der Waals surface area contributed by atoms with Crippen molar-refractivity contribution in [3.8, 4) is 11.5 Å². The SMILES string of the molecule is CCc1ccc(Nc2c(F)cccc2Cl)c(CC(=O)O)c1.CS(=O)(=O)Nc1ccc([N+](=O)[O-])cc1Oc1ccccc1. The van der Waals surface area contributed by atoms with Crippen molar-refractivity contribution in [2.75, 3.05) is 16.3 Å². The minimum absolute atomic E-state index is 0.0563. The van der Waals surface area contributed by atoms with E-state index in [1.165, 1.54) is 30.3 Å². The number of aliphatic carboxylic acids is 1. The Morgan fingerprint density at radius 1 is 1.02 bits per heavy atom. The maximum atomic E-state index is 13.8. The number of anilines is 3. The predicted octanol–water partition coefficient (Wildman–Crippen LogP) is 7.17. The number of carboxylic acid groups (broad SMARTS) is 1. The molecule has 0 bridgehead atoms. The number of hydrogen-bond donors (Lipinski definition) is 3. The minimum Gasteiger partial charge on any atom is -0.481 e. The van der Waals surface area contributed by atoms with Crippen molar-refractivity contribution in [2.24, 2.45) is 0 Å². The van der Waals surface area contributed by atoms with Crippen LogP contribution in [0, 0.1) is 15.9 Å². The zero-order chi connectivity index (χ0) is 30.9. The second-order valence-electron chi connectivity index (χ2n) is 8.86. The van der Waals surface area contributed by atoms with Gasteiger partial charge in [0.2, 0.25) is 10.0 Å². The van der Waals surface area contributed by atoms with Crippen LogP contribution in [-0.4, -0.2) is 30.7 Å². The molecule has 0 radical (unpaired) electrons. The summed E-state index contributed by atoms with van der Waals surface area (Å²) in [7, 11) is -3.52. The third kappa shape index (κ3) is 9.46. The minimum atomic E-state index is -3.52. The lowest BCUT2D eigenvalue weighted by Crippen LogP contribution is -2.10. The van der Waals surface area contributed by atoms with Crippen LogP contribution in [0.25, 0.3) is 0 Å². The number of halogens is 2. The van der Waals surface area contributed by atoms with Crippen molar-refractivity contribution < 1.29 is 32.4 Å². The van der Waals surface area contributed by atoms with Gasteiger partial charge in [-0.2, -0.15) is 0 Å². The lowest BCUT2D eigenvalue weighted by atomic mass is 10.0. The van der Waals surface area contributed by atoms with E-state index < -0.39 is 26.7 Å². The van der Waals surface area contributed by atoms with E-state index in [4.69, 9.17) is 21.4 Å². The van der Waals surface area contributed by atoms with E-state index in [9.17, 15) is 27.7 Å². The molecule has 10 nitrogen and oxygen atoms in total. The van der Waals surface area contributed by atoms with E-state index in [0.29, 0.717) is 17.0 Å². The lowest BCUT2D eigenvalue weighted by Gasteiger charge is -2.14. The summed E-state index contributed by atoms with van der Waals surface area (Å²) < 4.78 is 44.2. The quantitative estimate of drug-likeness (QED) is 0.126. The summed E-state index contributed by atoms with van der Waals surface area (Å²) in [5.74, 6) is -0.926. The Labute approximate surface area is 246 Å². The highest BCUT2D eigenvalue weighted by molar-refractivity contribution is 7.92. The van der Waals surface area contributed by atoms with Gasteiger partial charge in [-0.3, -0.25) is 19.6 Å². The number of nitrogens with zero attached hydrogens (tertiary/aromatic N) is 1. The zero-order valence-corrected chi connectivity index (χ0v) is 24.1. The van der Waals surface area contributed by atoms with Crippen LogP contribution in [0.1, 0.15) is 18.1 Å². The molecule has 4 aromatic rings. The van der Waals surface area contributed by atoms with E-state index in [2.05, 4.69) is 10.0 Å². The molecule has 4 aromatic carbocycles. The Kier molecular flexibility index (Phi) is 10.8. The summed E-state index contributed by atoms with van der Waals surface area (Å²) in [5, 5.41) is 23.0. The molecule has 13 heteroatoms. The fraction of sp³-hybridized carbons (Fsp3) is 0.138. The Morgan fingerprint density at radius 3 is 2.31 bits per heavy atom. The van der Waals surface area contributed by atoms with Crippen LogP contribution in [0.5, 0.6) is 11.5 Å². The molecule has 0 atom stereocenters. The Morgan fingerprint density at radius 2 is 1.71 bits per heavy atom. The van der Waals surface area contributed by atoms with Crippen molar-refractivity contribution in [2.45, 2.75) is 19.8 Å². The predicted molar refractivity (Wildman–Crippen MR) is 160 cm³/mol. The fourth-order valence-electron chi connectivity index (χ4n) is 3.66. The summed E-state index contributed by atoms with van der Waals surface area (Å²) in [6.07, 6.45) is 1.65. The number of nitro groups is 1. The van der Waals surface area contributed by atoms with Crippen molar-refractivity contribution in [3.05, 3.63) is 117 Å². The van der Waals surface area contributed by atoms with Crippen LogP contribution < -0.4 is 14.8 Å². The standard InChI is InChI=1S/C16H15ClFNO2.C13H12N2O5S/c1-2-10-6-7-14(11(8-10)9-15(20)21)19-16-12(17)4-3-5-13(16)18;1-21(18,19)14-12-8-7-10(15(16)17)9-13(12)20-11-5-3-2-4-6-11/h3-8,19H,2,9H2,1H3,(H,20,21);2-9,14H,1H3. The lowest BCUT2D eigenvalue weighted by molar-refractivity contribution is -0.384. The number of nitrogens with one attached hydrogen (secondary N) is 2. The van der Waals surface area contributed by atoms with Crippen molar-refractivity contribution >= 4 is 50.3 Å². The van der Waals surface area contributed by atoms with Crippen LogP contribution in [-0.2, 0) is 27.7 Å². The first-order chi connectivity index (χ1) is 19.9. The van der Waals surface area contributed by atoms with Gasteiger partial charge < -0.3 is 15.2 Å². The summed E-state index contributed by atoms with van der Waals surface area (Å²) in [6, 6.07) is 22.0. The summed E-state index contributed by atoms with van der Waals surface area (Å²) in [5.41, 5.74) is 2.25. The molecule has 0 aliphatic rings. The number of benzene rings is 4.